The average Bonchev–Trinajstić information content (AvgIpc) is 2.65. The summed E-state index contributed by atoms with van der Waals surface area (Å²) in [4.78, 5) is 26.7. The monoisotopic (exact) mass is 355 g/mol. The summed E-state index contributed by atoms with van der Waals surface area (Å²) < 4.78 is 5.19. The summed E-state index contributed by atoms with van der Waals surface area (Å²) in [5, 5.41) is 25.7. The van der Waals surface area contributed by atoms with Crippen molar-refractivity contribution in [2.24, 2.45) is 0 Å². The minimum atomic E-state index is -0.589. The van der Waals surface area contributed by atoms with Crippen LogP contribution in [-0.2, 0) is 0 Å². The molecule has 0 unspecified atom stereocenters. The van der Waals surface area contributed by atoms with E-state index in [9.17, 15) is 14.9 Å². The van der Waals surface area contributed by atoms with Gasteiger partial charge in [-0.1, -0.05) is 0 Å². The van der Waals surface area contributed by atoms with E-state index in [1.54, 1.807) is 25.3 Å². The van der Waals surface area contributed by atoms with Gasteiger partial charge in [-0.25, -0.2) is 4.98 Å². The number of nitro benzene ring substituents is 1. The highest BCUT2D eigenvalue weighted by Gasteiger charge is 2.18. The van der Waals surface area contributed by atoms with Gasteiger partial charge in [-0.05, 0) is 31.2 Å². The molecule has 0 atom stereocenters. The molecule has 0 bridgehead atoms. The van der Waals surface area contributed by atoms with E-state index in [0.29, 0.717) is 17.9 Å². The second kappa shape index (κ2) is 8.98. The van der Waals surface area contributed by atoms with Gasteiger partial charge in [0.1, 0.15) is 11.9 Å². The van der Waals surface area contributed by atoms with E-state index >= 15 is 0 Å². The molecule has 2 rings (SSSR count). The molecule has 0 aliphatic heterocycles. The zero-order valence-electron chi connectivity index (χ0n) is 14.1. The van der Waals surface area contributed by atoms with Crippen molar-refractivity contribution >= 4 is 17.4 Å². The molecule has 2 N–H and O–H groups in total. The molecule has 1 aromatic carbocycles. The molecule has 0 fully saturated rings. The number of nitrogens with one attached hydrogen (secondary N) is 2. The van der Waals surface area contributed by atoms with Crippen LogP contribution >= 0.6 is 0 Å². The van der Waals surface area contributed by atoms with Gasteiger partial charge in [0.15, 0.2) is 5.75 Å². The van der Waals surface area contributed by atoms with Gasteiger partial charge in [0.25, 0.3) is 5.91 Å². The molecular weight excluding hydrogens is 338 g/mol. The van der Waals surface area contributed by atoms with Gasteiger partial charge < -0.3 is 15.4 Å². The molecule has 1 aromatic heterocycles. The van der Waals surface area contributed by atoms with Crippen molar-refractivity contribution in [3.63, 3.8) is 0 Å². The lowest BCUT2D eigenvalue weighted by molar-refractivity contribution is -0.385. The quantitative estimate of drug-likeness (QED) is 0.421. The largest absolute Gasteiger partial charge is 0.487 e. The number of anilines is 1. The molecule has 134 valence electrons. The van der Waals surface area contributed by atoms with Gasteiger partial charge in [0.2, 0.25) is 0 Å². The predicted octanol–water partition coefficient (Wildman–Crippen LogP) is 2.10. The van der Waals surface area contributed by atoms with Gasteiger partial charge >= 0.3 is 5.69 Å². The highest BCUT2D eigenvalue weighted by atomic mass is 16.6. The van der Waals surface area contributed by atoms with E-state index in [1.165, 1.54) is 18.2 Å². The number of carbonyl (C=O) groups excluding carboxylic acids is 1. The Hall–Kier alpha value is -3.67. The van der Waals surface area contributed by atoms with Crippen LogP contribution in [0.2, 0.25) is 0 Å². The number of hydrogen-bond donors (Lipinski definition) is 2. The third-order valence-electron chi connectivity index (χ3n) is 3.35. The number of pyridine rings is 1. The van der Waals surface area contributed by atoms with E-state index < -0.39 is 10.8 Å². The first-order valence-electron chi connectivity index (χ1n) is 7.85. The van der Waals surface area contributed by atoms with Crippen molar-refractivity contribution in [3.8, 4) is 11.8 Å². The van der Waals surface area contributed by atoms with Crippen LogP contribution in [0, 0.1) is 21.4 Å². The number of ether oxygens (including phenoxy) is 1. The van der Waals surface area contributed by atoms with Crippen LogP contribution in [0.5, 0.6) is 5.75 Å². The first kappa shape index (κ1) is 18.7. The summed E-state index contributed by atoms with van der Waals surface area (Å²) in [6, 6.07) is 9.36. The number of nitriles is 1. The number of nitro groups is 1. The van der Waals surface area contributed by atoms with Crippen LogP contribution in [0.4, 0.5) is 11.5 Å². The Bertz CT molecular complexity index is 847. The summed E-state index contributed by atoms with van der Waals surface area (Å²) >= 11 is 0. The lowest BCUT2D eigenvalue weighted by atomic mass is 10.1. The van der Waals surface area contributed by atoms with Crippen molar-refractivity contribution in [2.45, 2.75) is 6.92 Å². The topological polar surface area (TPSA) is 130 Å². The van der Waals surface area contributed by atoms with Crippen molar-refractivity contribution in [1.29, 1.82) is 5.26 Å². The van der Waals surface area contributed by atoms with Crippen LogP contribution < -0.4 is 15.4 Å². The highest BCUT2D eigenvalue weighted by molar-refractivity contribution is 5.95. The standard InChI is InChI=1S/C17H17N5O4/c1-2-26-15-6-5-12(10-14(15)22(24)25)17(23)21-9-8-20-16-13(11-18)4-3-7-19-16/h3-7,10H,2,8-9H2,1H3,(H,19,20)(H,21,23). The Labute approximate surface area is 149 Å². The van der Waals surface area contributed by atoms with Crippen LogP contribution in [0.1, 0.15) is 22.8 Å². The Morgan fingerprint density at radius 2 is 2.19 bits per heavy atom. The number of benzene rings is 1. The number of aromatic nitrogens is 1. The van der Waals surface area contributed by atoms with Crippen LogP contribution in [-0.4, -0.2) is 35.5 Å². The van der Waals surface area contributed by atoms with Gasteiger partial charge in [0.05, 0.1) is 17.1 Å². The van der Waals surface area contributed by atoms with Crippen molar-refractivity contribution in [3.05, 3.63) is 57.8 Å². The Balaban J connectivity index is 1.95. The molecule has 9 nitrogen and oxygen atoms in total. The van der Waals surface area contributed by atoms with E-state index in [1.807, 2.05) is 6.07 Å². The Kier molecular flexibility index (Phi) is 6.45. The zero-order chi connectivity index (χ0) is 18.9. The van der Waals surface area contributed by atoms with Crippen molar-refractivity contribution in [1.82, 2.24) is 10.3 Å². The minimum Gasteiger partial charge on any atom is -0.487 e. The first-order chi connectivity index (χ1) is 12.6. The molecule has 0 aliphatic rings. The van der Waals surface area contributed by atoms with Gasteiger partial charge in [-0.15, -0.1) is 0 Å². The molecule has 0 radical (unpaired) electrons. The summed E-state index contributed by atoms with van der Waals surface area (Å²) in [7, 11) is 0. The molecule has 0 spiro atoms. The second-order valence-corrected chi connectivity index (χ2v) is 5.07. The SMILES string of the molecule is CCOc1ccc(C(=O)NCCNc2ncccc2C#N)cc1[N+](=O)[O-]. The summed E-state index contributed by atoms with van der Waals surface area (Å²) in [6.45, 7) is 2.60. The predicted molar refractivity (Wildman–Crippen MR) is 94.0 cm³/mol. The summed E-state index contributed by atoms with van der Waals surface area (Å²) in [6.07, 6.45) is 1.56. The number of nitrogens with zero attached hydrogens (tertiary/aromatic N) is 3. The van der Waals surface area contributed by atoms with Crippen molar-refractivity contribution in [2.75, 3.05) is 25.0 Å². The third kappa shape index (κ3) is 4.67. The molecule has 1 heterocycles. The number of hydrogen-bond acceptors (Lipinski definition) is 7. The average molecular weight is 355 g/mol. The maximum atomic E-state index is 12.2. The van der Waals surface area contributed by atoms with Gasteiger partial charge in [0, 0.05) is 30.9 Å². The zero-order valence-corrected chi connectivity index (χ0v) is 14.1. The molecule has 0 saturated carbocycles. The van der Waals surface area contributed by atoms with Crippen molar-refractivity contribution < 1.29 is 14.5 Å². The van der Waals surface area contributed by atoms with Crippen LogP contribution in [0.3, 0.4) is 0 Å². The lowest BCUT2D eigenvalue weighted by Crippen LogP contribution is -2.29. The fraction of sp³-hybridized carbons (Fsp3) is 0.235. The smallest absolute Gasteiger partial charge is 0.311 e. The fourth-order valence-electron chi connectivity index (χ4n) is 2.17. The molecule has 0 saturated heterocycles. The Morgan fingerprint density at radius 1 is 1.38 bits per heavy atom. The number of rotatable bonds is 8. The molecular formula is C17H17N5O4. The molecule has 2 aromatic rings. The number of carbonyl (C=O) groups is 1. The van der Waals surface area contributed by atoms with Crippen LogP contribution in [0.15, 0.2) is 36.5 Å². The van der Waals surface area contributed by atoms with Gasteiger partial charge in [-0.3, -0.25) is 14.9 Å². The minimum absolute atomic E-state index is 0.120. The molecule has 26 heavy (non-hydrogen) atoms. The maximum Gasteiger partial charge on any atom is 0.311 e. The highest BCUT2D eigenvalue weighted by Crippen LogP contribution is 2.27. The van der Waals surface area contributed by atoms with Gasteiger partial charge in [-0.2, -0.15) is 5.26 Å². The first-order valence-corrected chi connectivity index (χ1v) is 7.85. The number of amides is 1. The fourth-order valence-corrected chi connectivity index (χ4v) is 2.17. The Morgan fingerprint density at radius 3 is 2.88 bits per heavy atom. The maximum absolute atomic E-state index is 12.2. The van der Waals surface area contributed by atoms with E-state index in [0.717, 1.165) is 0 Å². The summed E-state index contributed by atoms with van der Waals surface area (Å²) in [5.74, 6) is 0.107. The lowest BCUT2D eigenvalue weighted by Gasteiger charge is -2.09. The van der Waals surface area contributed by atoms with E-state index in [2.05, 4.69) is 15.6 Å². The normalized spacial score (nSPS) is 9.85. The van der Waals surface area contributed by atoms with E-state index in [-0.39, 0.29) is 30.2 Å². The molecule has 9 heteroatoms. The second-order valence-electron chi connectivity index (χ2n) is 5.07. The summed E-state index contributed by atoms with van der Waals surface area (Å²) in [5.41, 5.74) is 0.307. The van der Waals surface area contributed by atoms with E-state index in [4.69, 9.17) is 10.00 Å². The third-order valence-corrected chi connectivity index (χ3v) is 3.35. The molecule has 0 aliphatic carbocycles. The molecule has 1 amide bonds. The van der Waals surface area contributed by atoms with Crippen LogP contribution in [0.25, 0.3) is 0 Å².